The molecule has 0 aliphatic carbocycles. The normalized spacial score (nSPS) is 12.6. The third-order valence-electron chi connectivity index (χ3n) is 5.85. The van der Waals surface area contributed by atoms with Crippen LogP contribution < -0.4 is 0 Å². The lowest BCUT2D eigenvalue weighted by atomic mass is 9.97. The third-order valence-corrected chi connectivity index (χ3v) is 5.85. The van der Waals surface area contributed by atoms with E-state index < -0.39 is 12.3 Å². The standard InChI is InChI=1S/C28H29F5/c29-20-6-4-2-1-3-5-7-21-8-10-22(11-9-21)23-12-14-24(15-13-23)25-16-18-26(19-17-25)27(30)28(31,32)33/h8-19,27H,1-7,20H2. The number of alkyl halides is 5. The molecule has 0 saturated heterocycles. The monoisotopic (exact) mass is 460 g/mol. The lowest BCUT2D eigenvalue weighted by Gasteiger charge is -2.13. The number of hydrogen-bond donors (Lipinski definition) is 0. The van der Waals surface area contributed by atoms with Crippen molar-refractivity contribution in [1.29, 1.82) is 0 Å². The predicted octanol–water partition coefficient (Wildman–Crippen LogP) is 9.45. The zero-order chi connectivity index (χ0) is 23.7. The highest BCUT2D eigenvalue weighted by molar-refractivity contribution is 5.70. The minimum absolute atomic E-state index is 0.214. The van der Waals surface area contributed by atoms with Crippen LogP contribution in [0.4, 0.5) is 22.0 Å². The molecule has 0 aliphatic rings. The number of unbranched alkanes of at least 4 members (excludes halogenated alkanes) is 5. The fourth-order valence-corrected chi connectivity index (χ4v) is 3.88. The fraction of sp³-hybridized carbons (Fsp3) is 0.357. The van der Waals surface area contributed by atoms with Gasteiger partial charge in [0.15, 0.2) is 0 Å². The van der Waals surface area contributed by atoms with E-state index in [2.05, 4.69) is 24.3 Å². The van der Waals surface area contributed by atoms with Crippen molar-refractivity contribution in [3.05, 3.63) is 83.9 Å². The van der Waals surface area contributed by atoms with Crippen molar-refractivity contribution >= 4 is 0 Å². The fourth-order valence-electron chi connectivity index (χ4n) is 3.88. The van der Waals surface area contributed by atoms with Gasteiger partial charge in [0.05, 0.1) is 6.67 Å². The molecule has 0 saturated carbocycles. The summed E-state index contributed by atoms with van der Waals surface area (Å²) < 4.78 is 63.1. The Hall–Kier alpha value is -2.69. The van der Waals surface area contributed by atoms with Crippen LogP contribution in [0, 0.1) is 0 Å². The summed E-state index contributed by atoms with van der Waals surface area (Å²) in [4.78, 5) is 0. The first kappa shape index (κ1) is 24.9. The van der Waals surface area contributed by atoms with Crippen molar-refractivity contribution in [3.63, 3.8) is 0 Å². The molecule has 0 spiro atoms. The number of aryl methyl sites for hydroxylation is 1. The second-order valence-electron chi connectivity index (χ2n) is 8.36. The molecule has 0 bridgehead atoms. The minimum Gasteiger partial charge on any atom is -0.251 e. The molecule has 0 radical (unpaired) electrons. The zero-order valence-corrected chi connectivity index (χ0v) is 18.6. The maximum atomic E-state index is 13.5. The van der Waals surface area contributed by atoms with Gasteiger partial charge in [0.2, 0.25) is 6.17 Å². The second kappa shape index (κ2) is 12.0. The largest absolute Gasteiger partial charge is 0.423 e. The van der Waals surface area contributed by atoms with E-state index in [1.165, 1.54) is 36.2 Å². The summed E-state index contributed by atoms with van der Waals surface area (Å²) >= 11 is 0. The van der Waals surface area contributed by atoms with E-state index in [4.69, 9.17) is 0 Å². The van der Waals surface area contributed by atoms with E-state index in [9.17, 15) is 22.0 Å². The Balaban J connectivity index is 1.54. The first-order valence-electron chi connectivity index (χ1n) is 11.4. The summed E-state index contributed by atoms with van der Waals surface area (Å²) in [5, 5.41) is 0. The highest BCUT2D eigenvalue weighted by Crippen LogP contribution is 2.36. The lowest BCUT2D eigenvalue weighted by molar-refractivity contribution is -0.182. The van der Waals surface area contributed by atoms with Crippen LogP contribution >= 0.6 is 0 Å². The van der Waals surface area contributed by atoms with Crippen LogP contribution in [-0.2, 0) is 6.42 Å². The Morgan fingerprint density at radius 2 is 0.939 bits per heavy atom. The van der Waals surface area contributed by atoms with Crippen LogP contribution in [0.25, 0.3) is 22.3 Å². The molecule has 5 heteroatoms. The van der Waals surface area contributed by atoms with Gasteiger partial charge in [-0.25, -0.2) is 4.39 Å². The minimum atomic E-state index is -4.89. The smallest absolute Gasteiger partial charge is 0.251 e. The number of hydrogen-bond acceptors (Lipinski definition) is 0. The van der Waals surface area contributed by atoms with Gasteiger partial charge in [-0.05, 0) is 52.6 Å². The van der Waals surface area contributed by atoms with Gasteiger partial charge in [-0.15, -0.1) is 0 Å². The number of halogens is 5. The molecule has 3 rings (SSSR count). The van der Waals surface area contributed by atoms with E-state index >= 15 is 0 Å². The summed E-state index contributed by atoms with van der Waals surface area (Å²) in [6.07, 6.45) is -0.613. The van der Waals surface area contributed by atoms with Crippen LogP contribution in [0.2, 0.25) is 0 Å². The summed E-state index contributed by atoms with van der Waals surface area (Å²) in [7, 11) is 0. The van der Waals surface area contributed by atoms with Crippen molar-refractivity contribution in [1.82, 2.24) is 0 Å². The quantitative estimate of drug-likeness (QED) is 0.197. The Bertz CT molecular complexity index is 957. The maximum absolute atomic E-state index is 13.5. The molecule has 176 valence electrons. The summed E-state index contributed by atoms with van der Waals surface area (Å²) in [5.41, 5.74) is 4.65. The predicted molar refractivity (Wildman–Crippen MR) is 125 cm³/mol. The first-order chi connectivity index (χ1) is 15.9. The van der Waals surface area contributed by atoms with Crippen LogP contribution in [0.15, 0.2) is 72.8 Å². The van der Waals surface area contributed by atoms with Gasteiger partial charge in [-0.2, -0.15) is 13.2 Å². The topological polar surface area (TPSA) is 0 Å². The van der Waals surface area contributed by atoms with Gasteiger partial charge >= 0.3 is 6.18 Å². The van der Waals surface area contributed by atoms with E-state index in [1.54, 1.807) is 0 Å². The van der Waals surface area contributed by atoms with Gasteiger partial charge in [0.25, 0.3) is 0 Å². The zero-order valence-electron chi connectivity index (χ0n) is 18.6. The van der Waals surface area contributed by atoms with Gasteiger partial charge in [-0.1, -0.05) is 98.5 Å². The molecule has 0 aromatic heterocycles. The van der Waals surface area contributed by atoms with Crippen LogP contribution in [0.3, 0.4) is 0 Å². The SMILES string of the molecule is FCCCCCCCCc1ccc(-c2ccc(-c3ccc(C(F)C(F)(F)F)cc3)cc2)cc1. The third kappa shape index (κ3) is 7.41. The average molecular weight is 461 g/mol. The summed E-state index contributed by atoms with van der Waals surface area (Å²) in [5.74, 6) is 0. The molecule has 0 N–H and O–H groups in total. The van der Waals surface area contributed by atoms with Crippen LogP contribution in [-0.4, -0.2) is 12.9 Å². The van der Waals surface area contributed by atoms with E-state index in [1.807, 2.05) is 24.3 Å². The van der Waals surface area contributed by atoms with E-state index in [0.29, 0.717) is 6.42 Å². The molecule has 0 fully saturated rings. The Morgan fingerprint density at radius 3 is 1.39 bits per heavy atom. The molecular formula is C28H29F5. The second-order valence-corrected chi connectivity index (χ2v) is 8.36. The van der Waals surface area contributed by atoms with E-state index in [0.717, 1.165) is 54.4 Å². The van der Waals surface area contributed by atoms with Crippen molar-refractivity contribution in [2.45, 2.75) is 57.3 Å². The molecule has 0 aliphatic heterocycles. The molecule has 3 aromatic carbocycles. The Kier molecular flexibility index (Phi) is 9.04. The Labute approximate surface area is 192 Å². The van der Waals surface area contributed by atoms with Crippen LogP contribution in [0.1, 0.15) is 55.8 Å². The summed E-state index contributed by atoms with van der Waals surface area (Å²) in [6.45, 7) is -0.214. The Morgan fingerprint density at radius 1 is 0.545 bits per heavy atom. The van der Waals surface area contributed by atoms with Gasteiger partial charge < -0.3 is 0 Å². The molecule has 3 aromatic rings. The molecule has 1 unspecified atom stereocenters. The number of benzene rings is 3. The summed E-state index contributed by atoms with van der Waals surface area (Å²) in [6, 6.07) is 21.6. The van der Waals surface area contributed by atoms with Crippen molar-refractivity contribution in [2.75, 3.05) is 6.67 Å². The lowest BCUT2D eigenvalue weighted by Crippen LogP contribution is -2.16. The average Bonchev–Trinajstić information content (AvgIpc) is 2.83. The first-order valence-corrected chi connectivity index (χ1v) is 11.4. The van der Waals surface area contributed by atoms with Gasteiger partial charge in [0, 0.05) is 0 Å². The van der Waals surface area contributed by atoms with E-state index in [-0.39, 0.29) is 12.2 Å². The molecule has 0 heterocycles. The van der Waals surface area contributed by atoms with Crippen molar-refractivity contribution in [2.24, 2.45) is 0 Å². The molecule has 0 amide bonds. The number of rotatable bonds is 11. The highest BCUT2D eigenvalue weighted by atomic mass is 19.4. The van der Waals surface area contributed by atoms with Gasteiger partial charge in [-0.3, -0.25) is 4.39 Å². The molecular weight excluding hydrogens is 431 g/mol. The van der Waals surface area contributed by atoms with Crippen molar-refractivity contribution in [3.8, 4) is 22.3 Å². The maximum Gasteiger partial charge on any atom is 0.423 e. The van der Waals surface area contributed by atoms with Crippen molar-refractivity contribution < 1.29 is 22.0 Å². The molecule has 33 heavy (non-hydrogen) atoms. The van der Waals surface area contributed by atoms with Gasteiger partial charge in [0.1, 0.15) is 0 Å². The highest BCUT2D eigenvalue weighted by Gasteiger charge is 2.41. The van der Waals surface area contributed by atoms with Crippen LogP contribution in [0.5, 0.6) is 0 Å². The molecule has 1 atom stereocenters. The molecule has 0 nitrogen and oxygen atoms in total.